The summed E-state index contributed by atoms with van der Waals surface area (Å²) < 4.78 is 38.8. The van der Waals surface area contributed by atoms with Crippen LogP contribution in [0.2, 0.25) is 0 Å². The van der Waals surface area contributed by atoms with Gasteiger partial charge in [-0.15, -0.1) is 0 Å². The Labute approximate surface area is 224 Å². The third-order valence-corrected chi connectivity index (χ3v) is 7.25. The molecule has 1 N–H and O–H groups in total. The number of hydrogen-bond donors (Lipinski definition) is 1. The fourth-order valence-electron chi connectivity index (χ4n) is 5.32. The Hall–Kier alpha value is -4.16. The average molecular weight is 541 g/mol. The third-order valence-electron chi connectivity index (χ3n) is 7.25. The van der Waals surface area contributed by atoms with Gasteiger partial charge in [0.05, 0.1) is 39.0 Å². The largest absolute Gasteiger partial charge is 0.507 e. The Morgan fingerprint density at radius 2 is 1.64 bits per heavy atom. The molecule has 12 nitrogen and oxygen atoms in total. The number of carbonyl (C=O) groups is 2. The molecule has 206 valence electrons. The summed E-state index contributed by atoms with van der Waals surface area (Å²) in [5.41, 5.74) is 0.643. The van der Waals surface area contributed by atoms with Crippen molar-refractivity contribution in [2.75, 3.05) is 67.2 Å². The summed E-state index contributed by atoms with van der Waals surface area (Å²) in [6.45, 7) is 3.40. The second-order valence-electron chi connectivity index (χ2n) is 9.28. The lowest BCUT2D eigenvalue weighted by molar-refractivity contribution is -0.140. The Morgan fingerprint density at radius 1 is 0.923 bits per heavy atom. The molecule has 0 aromatic heterocycles. The number of carbonyl (C=O) groups excluding carboxylic acids is 2. The van der Waals surface area contributed by atoms with Crippen LogP contribution in [0.25, 0.3) is 5.76 Å². The fourth-order valence-corrected chi connectivity index (χ4v) is 5.32. The van der Waals surface area contributed by atoms with Crippen molar-refractivity contribution >= 4 is 17.4 Å². The van der Waals surface area contributed by atoms with Crippen LogP contribution in [0.15, 0.2) is 29.8 Å². The van der Waals surface area contributed by atoms with E-state index in [-0.39, 0.29) is 43.0 Å². The zero-order valence-electron chi connectivity index (χ0n) is 21.6. The Morgan fingerprint density at radius 3 is 2.41 bits per heavy atom. The van der Waals surface area contributed by atoms with Crippen LogP contribution in [-0.4, -0.2) is 93.8 Å². The van der Waals surface area contributed by atoms with Gasteiger partial charge in [0.25, 0.3) is 11.7 Å². The van der Waals surface area contributed by atoms with Crippen LogP contribution in [-0.2, 0) is 14.3 Å². The molecule has 0 saturated carbocycles. The van der Waals surface area contributed by atoms with E-state index in [2.05, 4.69) is 4.90 Å². The summed E-state index contributed by atoms with van der Waals surface area (Å²) in [5, 5.41) is 11.5. The van der Waals surface area contributed by atoms with Gasteiger partial charge >= 0.3 is 0 Å². The van der Waals surface area contributed by atoms with Gasteiger partial charge in [-0.2, -0.15) is 0 Å². The number of rotatable bonds is 7. The molecule has 2 aromatic rings. The molecule has 4 heterocycles. The monoisotopic (exact) mass is 540 g/mol. The fraction of sp³-hybridized carbons (Fsp3) is 0.407. The quantitative estimate of drug-likeness (QED) is 0.315. The van der Waals surface area contributed by atoms with Gasteiger partial charge in [0.1, 0.15) is 5.76 Å². The highest BCUT2D eigenvalue weighted by atomic mass is 16.7. The summed E-state index contributed by atoms with van der Waals surface area (Å²) in [4.78, 5) is 30.7. The maximum atomic E-state index is 13.6. The van der Waals surface area contributed by atoms with Crippen LogP contribution >= 0.6 is 0 Å². The minimum atomic E-state index is -0.991. The van der Waals surface area contributed by atoms with E-state index in [9.17, 15) is 14.7 Å². The second kappa shape index (κ2) is 10.2. The molecule has 39 heavy (non-hydrogen) atoms. The third kappa shape index (κ3) is 4.25. The average Bonchev–Trinajstić information content (AvgIpc) is 3.69. The standard InChI is InChI=1S/C27H28N2O10/c1-33-24-16(12-19-25(26(24)34-2)39-14-38-19)21-20(22(30)15-3-4-17-18(11-15)37-13-36-17)23(31)27(32)29(21)6-5-28-7-9-35-10-8-28/h3-4,11-12,21,30H,5-10,13-14H2,1-2H3. The molecule has 4 aliphatic rings. The van der Waals surface area contributed by atoms with Crippen LogP contribution in [0.4, 0.5) is 0 Å². The first kappa shape index (κ1) is 25.1. The zero-order valence-corrected chi connectivity index (χ0v) is 21.6. The molecule has 4 aliphatic heterocycles. The van der Waals surface area contributed by atoms with Crippen molar-refractivity contribution in [1.29, 1.82) is 0 Å². The van der Waals surface area contributed by atoms with Gasteiger partial charge in [-0.05, 0) is 24.3 Å². The number of methoxy groups -OCH3 is 2. The number of amides is 1. The van der Waals surface area contributed by atoms with Crippen molar-refractivity contribution in [1.82, 2.24) is 9.80 Å². The van der Waals surface area contributed by atoms with Crippen molar-refractivity contribution in [3.8, 4) is 34.5 Å². The number of fused-ring (bicyclic) bond motifs is 2. The molecule has 0 radical (unpaired) electrons. The first-order valence-corrected chi connectivity index (χ1v) is 12.5. The number of aliphatic hydroxyl groups is 1. The van der Waals surface area contributed by atoms with Gasteiger partial charge < -0.3 is 43.2 Å². The molecule has 0 aliphatic carbocycles. The normalized spacial score (nSPS) is 21.5. The van der Waals surface area contributed by atoms with E-state index in [0.717, 1.165) is 0 Å². The molecule has 1 unspecified atom stereocenters. The SMILES string of the molecule is COc1c(C2C(=C(O)c3ccc4c(c3)OCO4)C(=O)C(=O)N2CCN2CCOCC2)cc2c(c1OC)OCO2. The Balaban J connectivity index is 1.49. The number of morpholine rings is 1. The smallest absolute Gasteiger partial charge is 0.295 e. The summed E-state index contributed by atoms with van der Waals surface area (Å²) in [5.74, 6) is 0.347. The predicted molar refractivity (Wildman–Crippen MR) is 135 cm³/mol. The van der Waals surface area contributed by atoms with Crippen molar-refractivity contribution in [3.05, 3.63) is 41.0 Å². The lowest BCUT2D eigenvalue weighted by Crippen LogP contribution is -2.42. The van der Waals surface area contributed by atoms with E-state index in [1.165, 1.54) is 19.1 Å². The van der Waals surface area contributed by atoms with E-state index in [1.54, 1.807) is 24.3 Å². The molecular formula is C27H28N2O10. The van der Waals surface area contributed by atoms with Crippen LogP contribution in [0.5, 0.6) is 34.5 Å². The van der Waals surface area contributed by atoms with Crippen molar-refractivity contribution in [2.24, 2.45) is 0 Å². The molecule has 0 spiro atoms. The molecule has 2 saturated heterocycles. The summed E-state index contributed by atoms with van der Waals surface area (Å²) in [6.07, 6.45) is 0. The van der Waals surface area contributed by atoms with Gasteiger partial charge in [-0.1, -0.05) is 0 Å². The number of ether oxygens (including phenoxy) is 7. The number of likely N-dealkylation sites (tertiary alicyclic amines) is 1. The van der Waals surface area contributed by atoms with Gasteiger partial charge in [-0.25, -0.2) is 0 Å². The summed E-state index contributed by atoms with van der Waals surface area (Å²) in [6, 6.07) is 5.50. The minimum Gasteiger partial charge on any atom is -0.507 e. The van der Waals surface area contributed by atoms with E-state index < -0.39 is 17.7 Å². The Kier molecular flexibility index (Phi) is 6.57. The molecule has 2 aromatic carbocycles. The van der Waals surface area contributed by atoms with Gasteiger partial charge in [0.15, 0.2) is 23.0 Å². The number of ketones is 1. The number of benzene rings is 2. The van der Waals surface area contributed by atoms with E-state index in [4.69, 9.17) is 33.2 Å². The lowest BCUT2D eigenvalue weighted by Gasteiger charge is -2.31. The zero-order chi connectivity index (χ0) is 27.1. The molecule has 12 heteroatoms. The van der Waals surface area contributed by atoms with Gasteiger partial charge in [-0.3, -0.25) is 14.5 Å². The molecular weight excluding hydrogens is 512 g/mol. The van der Waals surface area contributed by atoms with Crippen molar-refractivity contribution < 1.29 is 47.9 Å². The predicted octanol–water partition coefficient (Wildman–Crippen LogP) is 1.92. The van der Waals surface area contributed by atoms with E-state index in [1.807, 2.05) is 0 Å². The van der Waals surface area contributed by atoms with Crippen molar-refractivity contribution in [2.45, 2.75) is 6.04 Å². The molecule has 2 fully saturated rings. The first-order valence-electron chi connectivity index (χ1n) is 12.5. The van der Waals surface area contributed by atoms with Gasteiger partial charge in [0, 0.05) is 37.3 Å². The topological polar surface area (TPSA) is 125 Å². The lowest BCUT2D eigenvalue weighted by atomic mass is 9.93. The highest BCUT2D eigenvalue weighted by molar-refractivity contribution is 6.46. The van der Waals surface area contributed by atoms with Crippen LogP contribution in [0, 0.1) is 0 Å². The molecule has 1 atom stereocenters. The highest BCUT2D eigenvalue weighted by Gasteiger charge is 2.48. The number of hydrogen-bond acceptors (Lipinski definition) is 11. The number of Topliss-reactive ketones (excluding diaryl/α,β-unsaturated/α-hetero) is 1. The second-order valence-corrected chi connectivity index (χ2v) is 9.28. The van der Waals surface area contributed by atoms with Crippen LogP contribution in [0.1, 0.15) is 17.2 Å². The maximum absolute atomic E-state index is 13.6. The van der Waals surface area contributed by atoms with Crippen molar-refractivity contribution in [3.63, 3.8) is 0 Å². The van der Waals surface area contributed by atoms with Crippen LogP contribution in [0.3, 0.4) is 0 Å². The van der Waals surface area contributed by atoms with E-state index in [0.29, 0.717) is 67.0 Å². The van der Waals surface area contributed by atoms with Crippen LogP contribution < -0.4 is 28.4 Å². The summed E-state index contributed by atoms with van der Waals surface area (Å²) >= 11 is 0. The maximum Gasteiger partial charge on any atom is 0.295 e. The minimum absolute atomic E-state index is 0.0211. The van der Waals surface area contributed by atoms with E-state index >= 15 is 0 Å². The Bertz CT molecular complexity index is 1350. The summed E-state index contributed by atoms with van der Waals surface area (Å²) in [7, 11) is 2.92. The molecule has 6 rings (SSSR count). The highest BCUT2D eigenvalue weighted by Crippen LogP contribution is 2.54. The number of nitrogens with zero attached hydrogens (tertiary/aromatic N) is 2. The first-order chi connectivity index (χ1) is 19.0. The molecule has 1 amide bonds. The van der Waals surface area contributed by atoms with Gasteiger partial charge in [0.2, 0.25) is 25.1 Å². The molecule has 0 bridgehead atoms. The number of aliphatic hydroxyl groups excluding tert-OH is 1.